The molecule has 3 nitrogen and oxygen atoms in total. The Kier molecular flexibility index (Phi) is 4.28. The Morgan fingerprint density at radius 1 is 1.23 bits per heavy atom. The van der Waals surface area contributed by atoms with Crippen molar-refractivity contribution in [1.82, 2.24) is 5.32 Å². The Morgan fingerprint density at radius 3 is 2.38 bits per heavy atom. The van der Waals surface area contributed by atoms with Gasteiger partial charge in [0.2, 0.25) is 5.78 Å². The Balaban J connectivity index is 2.30. The van der Waals surface area contributed by atoms with Crippen LogP contribution >= 0.6 is 12.6 Å². The summed E-state index contributed by atoms with van der Waals surface area (Å²) in [6, 6.07) is 0.213. The van der Waals surface area contributed by atoms with Crippen molar-refractivity contribution in [3.63, 3.8) is 0 Å². The van der Waals surface area contributed by atoms with E-state index in [1.807, 2.05) is 0 Å². The second kappa shape index (κ2) is 5.27. The zero-order valence-electron chi connectivity index (χ0n) is 7.58. The van der Waals surface area contributed by atoms with E-state index in [1.54, 1.807) is 0 Å². The van der Waals surface area contributed by atoms with E-state index in [0.717, 1.165) is 25.7 Å². The summed E-state index contributed by atoms with van der Waals surface area (Å²) in [6.45, 7) is 0. The van der Waals surface area contributed by atoms with E-state index in [4.69, 9.17) is 0 Å². The molecule has 0 aromatic rings. The van der Waals surface area contributed by atoms with E-state index in [1.165, 1.54) is 6.42 Å². The van der Waals surface area contributed by atoms with Crippen LogP contribution < -0.4 is 5.32 Å². The zero-order valence-corrected chi connectivity index (χ0v) is 8.48. The van der Waals surface area contributed by atoms with E-state index >= 15 is 0 Å². The molecule has 1 saturated carbocycles. The van der Waals surface area contributed by atoms with Gasteiger partial charge in [0, 0.05) is 6.04 Å². The van der Waals surface area contributed by atoms with Gasteiger partial charge in [0.05, 0.1) is 5.75 Å². The highest BCUT2D eigenvalue weighted by molar-refractivity contribution is 7.81. The maximum Gasteiger partial charge on any atom is 0.288 e. The minimum Gasteiger partial charge on any atom is -0.347 e. The lowest BCUT2D eigenvalue weighted by atomic mass is 9.95. The van der Waals surface area contributed by atoms with Crippen LogP contribution in [0.15, 0.2) is 0 Å². The first-order valence-electron chi connectivity index (χ1n) is 4.68. The molecule has 1 N–H and O–H groups in total. The maximum atomic E-state index is 11.1. The Morgan fingerprint density at radius 2 is 1.85 bits per heavy atom. The zero-order chi connectivity index (χ0) is 9.68. The summed E-state index contributed by atoms with van der Waals surface area (Å²) in [6.07, 6.45) is 5.56. The SMILES string of the molecule is O=C(CS)C(=O)NC1CCCCC1. The molecule has 0 unspecified atom stereocenters. The molecule has 1 rings (SSSR count). The van der Waals surface area contributed by atoms with Gasteiger partial charge in [-0.25, -0.2) is 0 Å². The van der Waals surface area contributed by atoms with Crippen molar-refractivity contribution in [3.8, 4) is 0 Å². The van der Waals surface area contributed by atoms with Gasteiger partial charge < -0.3 is 5.32 Å². The van der Waals surface area contributed by atoms with Crippen LogP contribution in [0.5, 0.6) is 0 Å². The van der Waals surface area contributed by atoms with Crippen molar-refractivity contribution in [3.05, 3.63) is 0 Å². The summed E-state index contributed by atoms with van der Waals surface area (Å²) in [7, 11) is 0. The summed E-state index contributed by atoms with van der Waals surface area (Å²) < 4.78 is 0. The number of Topliss-reactive ketones (excluding diaryl/α,β-unsaturated/α-hetero) is 1. The molecule has 1 amide bonds. The molecule has 0 aromatic heterocycles. The summed E-state index contributed by atoms with van der Waals surface area (Å²) in [5.41, 5.74) is 0. The van der Waals surface area contributed by atoms with Gasteiger partial charge in [-0.05, 0) is 12.8 Å². The fourth-order valence-electron chi connectivity index (χ4n) is 1.58. The molecule has 0 radical (unpaired) electrons. The van der Waals surface area contributed by atoms with Crippen LogP contribution in [0.3, 0.4) is 0 Å². The molecule has 0 heterocycles. The van der Waals surface area contributed by atoms with E-state index in [2.05, 4.69) is 17.9 Å². The van der Waals surface area contributed by atoms with Crippen molar-refractivity contribution in [2.45, 2.75) is 38.1 Å². The molecule has 0 saturated heterocycles. The highest BCUT2D eigenvalue weighted by atomic mass is 32.1. The van der Waals surface area contributed by atoms with E-state index in [-0.39, 0.29) is 11.8 Å². The van der Waals surface area contributed by atoms with E-state index in [0.29, 0.717) is 0 Å². The lowest BCUT2D eigenvalue weighted by molar-refractivity contribution is -0.137. The standard InChI is InChI=1S/C9H15NO2S/c11-8(6-13)9(12)10-7-4-2-1-3-5-7/h7,13H,1-6H2,(H,10,12). The minimum absolute atomic E-state index is 0.00144. The fraction of sp³-hybridized carbons (Fsp3) is 0.778. The molecular formula is C9H15NO2S. The molecule has 4 heteroatoms. The van der Waals surface area contributed by atoms with Crippen molar-refractivity contribution >= 4 is 24.3 Å². The second-order valence-electron chi connectivity index (χ2n) is 3.39. The summed E-state index contributed by atoms with van der Waals surface area (Å²) in [4.78, 5) is 22.0. The van der Waals surface area contributed by atoms with Gasteiger partial charge in [0.25, 0.3) is 5.91 Å². The van der Waals surface area contributed by atoms with Gasteiger partial charge in [-0.3, -0.25) is 9.59 Å². The van der Waals surface area contributed by atoms with Crippen LogP contribution in [0.1, 0.15) is 32.1 Å². The predicted molar refractivity (Wildman–Crippen MR) is 53.9 cm³/mol. The largest absolute Gasteiger partial charge is 0.347 e. The Bertz CT molecular complexity index is 200. The molecule has 0 atom stereocenters. The molecule has 13 heavy (non-hydrogen) atoms. The van der Waals surface area contributed by atoms with Crippen LogP contribution in [0.2, 0.25) is 0 Å². The van der Waals surface area contributed by atoms with Crippen molar-refractivity contribution in [1.29, 1.82) is 0 Å². The molecule has 74 valence electrons. The molecular weight excluding hydrogens is 186 g/mol. The number of nitrogens with one attached hydrogen (secondary N) is 1. The quantitative estimate of drug-likeness (QED) is 0.527. The highest BCUT2D eigenvalue weighted by Crippen LogP contribution is 2.17. The third-order valence-corrected chi connectivity index (χ3v) is 2.62. The summed E-state index contributed by atoms with van der Waals surface area (Å²) in [5, 5.41) is 2.73. The van der Waals surface area contributed by atoms with Crippen molar-refractivity contribution in [2.24, 2.45) is 0 Å². The van der Waals surface area contributed by atoms with Gasteiger partial charge >= 0.3 is 0 Å². The van der Waals surface area contributed by atoms with Crippen molar-refractivity contribution < 1.29 is 9.59 Å². The third-order valence-electron chi connectivity index (χ3n) is 2.34. The average Bonchev–Trinajstić information content (AvgIpc) is 2.18. The molecule has 1 fully saturated rings. The van der Waals surface area contributed by atoms with Crippen LogP contribution in [0, 0.1) is 0 Å². The number of thiol groups is 1. The monoisotopic (exact) mass is 201 g/mol. The van der Waals surface area contributed by atoms with Crippen LogP contribution in [0.25, 0.3) is 0 Å². The molecule has 1 aliphatic rings. The normalized spacial score (nSPS) is 18.2. The van der Waals surface area contributed by atoms with Crippen LogP contribution in [0.4, 0.5) is 0 Å². The summed E-state index contributed by atoms with van der Waals surface area (Å²) >= 11 is 3.76. The van der Waals surface area contributed by atoms with E-state index < -0.39 is 11.7 Å². The number of carbonyl (C=O) groups excluding carboxylic acids is 2. The Hall–Kier alpha value is -0.510. The second-order valence-corrected chi connectivity index (χ2v) is 3.71. The van der Waals surface area contributed by atoms with Gasteiger partial charge in [-0.1, -0.05) is 19.3 Å². The highest BCUT2D eigenvalue weighted by Gasteiger charge is 2.18. The number of ketones is 1. The molecule has 0 spiro atoms. The van der Waals surface area contributed by atoms with Gasteiger partial charge in [-0.15, -0.1) is 0 Å². The maximum absolute atomic E-state index is 11.1. The van der Waals surface area contributed by atoms with Crippen LogP contribution in [-0.2, 0) is 9.59 Å². The first kappa shape index (κ1) is 10.6. The number of rotatable bonds is 3. The topological polar surface area (TPSA) is 46.2 Å². The number of amides is 1. The van der Waals surface area contributed by atoms with Crippen LogP contribution in [-0.4, -0.2) is 23.5 Å². The molecule has 0 aliphatic heterocycles. The van der Waals surface area contributed by atoms with Gasteiger partial charge in [0.15, 0.2) is 0 Å². The first-order chi connectivity index (χ1) is 6.24. The minimum atomic E-state index is -0.470. The number of hydrogen-bond donors (Lipinski definition) is 2. The molecule has 1 aliphatic carbocycles. The first-order valence-corrected chi connectivity index (χ1v) is 5.32. The molecule has 0 bridgehead atoms. The van der Waals surface area contributed by atoms with Crippen molar-refractivity contribution in [2.75, 3.05) is 5.75 Å². The lowest BCUT2D eigenvalue weighted by Crippen LogP contribution is -2.40. The summed E-state index contributed by atoms with van der Waals surface area (Å²) in [5.74, 6) is -0.908. The average molecular weight is 201 g/mol. The number of carbonyl (C=O) groups is 2. The van der Waals surface area contributed by atoms with E-state index in [9.17, 15) is 9.59 Å². The lowest BCUT2D eigenvalue weighted by Gasteiger charge is -2.22. The Labute approximate surface area is 83.7 Å². The number of hydrogen-bond acceptors (Lipinski definition) is 3. The smallest absolute Gasteiger partial charge is 0.288 e. The van der Waals surface area contributed by atoms with Gasteiger partial charge in [0.1, 0.15) is 0 Å². The van der Waals surface area contributed by atoms with Gasteiger partial charge in [-0.2, -0.15) is 12.6 Å². The fourth-order valence-corrected chi connectivity index (χ4v) is 1.73. The predicted octanol–water partition coefficient (Wildman–Crippen LogP) is 0.934. The molecule has 0 aromatic carbocycles. The third kappa shape index (κ3) is 3.38.